The van der Waals surface area contributed by atoms with Crippen molar-refractivity contribution in [3.05, 3.63) is 41.5 Å². The minimum Gasteiger partial charge on any atom is -0.368 e. The van der Waals surface area contributed by atoms with Crippen LogP contribution in [0, 0.1) is 17.8 Å². The van der Waals surface area contributed by atoms with Crippen LogP contribution in [0.5, 0.6) is 0 Å². The van der Waals surface area contributed by atoms with Gasteiger partial charge in [0.2, 0.25) is 5.91 Å². The molecular formula is C23H31N3O3S. The Labute approximate surface area is 180 Å². The zero-order chi connectivity index (χ0) is 21.9. The monoisotopic (exact) mass is 429 g/mol. The summed E-state index contributed by atoms with van der Waals surface area (Å²) in [6.45, 7) is 5.59. The maximum atomic E-state index is 12.0. The van der Waals surface area contributed by atoms with Gasteiger partial charge in [-0.15, -0.1) is 0 Å². The third kappa shape index (κ3) is 5.12. The summed E-state index contributed by atoms with van der Waals surface area (Å²) >= 11 is 0. The van der Waals surface area contributed by atoms with Crippen LogP contribution in [0.25, 0.3) is 5.57 Å². The Morgan fingerprint density at radius 3 is 2.43 bits per heavy atom. The van der Waals surface area contributed by atoms with Crippen molar-refractivity contribution in [3.8, 4) is 11.8 Å². The number of benzene rings is 1. The number of rotatable bonds is 6. The molecular weight excluding hydrogens is 398 g/mol. The number of nitrogens with zero attached hydrogens (tertiary/aromatic N) is 2. The number of sulfone groups is 1. The number of primary amides is 1. The maximum absolute atomic E-state index is 12.0. The molecule has 1 atom stereocenters. The molecule has 0 radical (unpaired) electrons. The first kappa shape index (κ1) is 22.5. The largest absolute Gasteiger partial charge is 0.368 e. The van der Waals surface area contributed by atoms with Crippen LogP contribution >= 0.6 is 0 Å². The second-order valence-corrected chi connectivity index (χ2v) is 11.1. The highest BCUT2D eigenvalue weighted by atomic mass is 32.2. The van der Waals surface area contributed by atoms with E-state index in [9.17, 15) is 13.2 Å². The van der Waals surface area contributed by atoms with Crippen molar-refractivity contribution in [1.82, 2.24) is 9.80 Å². The van der Waals surface area contributed by atoms with Crippen molar-refractivity contribution in [2.45, 2.75) is 24.5 Å². The molecule has 1 aromatic rings. The fraction of sp³-hybridized carbons (Fsp3) is 0.522. The number of amides is 1. The van der Waals surface area contributed by atoms with Gasteiger partial charge in [0.1, 0.15) is 4.75 Å². The highest BCUT2D eigenvalue weighted by Gasteiger charge is 2.41. The van der Waals surface area contributed by atoms with Gasteiger partial charge in [-0.1, -0.05) is 30.0 Å². The first-order chi connectivity index (χ1) is 14.1. The van der Waals surface area contributed by atoms with E-state index in [0.717, 1.165) is 44.4 Å². The maximum Gasteiger partial charge on any atom is 0.238 e. The molecule has 0 bridgehead atoms. The van der Waals surface area contributed by atoms with Crippen LogP contribution in [0.3, 0.4) is 0 Å². The summed E-state index contributed by atoms with van der Waals surface area (Å²) < 4.78 is 22.5. The van der Waals surface area contributed by atoms with Gasteiger partial charge >= 0.3 is 0 Å². The molecule has 1 unspecified atom stereocenters. The van der Waals surface area contributed by atoms with E-state index in [4.69, 9.17) is 5.73 Å². The predicted octanol–water partition coefficient (Wildman–Crippen LogP) is 1.37. The van der Waals surface area contributed by atoms with E-state index in [1.807, 2.05) is 0 Å². The summed E-state index contributed by atoms with van der Waals surface area (Å²) in [5.41, 5.74) is 8.90. The Balaban J connectivity index is 1.56. The van der Waals surface area contributed by atoms with E-state index in [1.165, 1.54) is 18.1 Å². The molecule has 0 aromatic heterocycles. The minimum atomic E-state index is -3.56. The van der Waals surface area contributed by atoms with Crippen LogP contribution in [0.2, 0.25) is 0 Å². The fourth-order valence-electron chi connectivity index (χ4n) is 3.78. The van der Waals surface area contributed by atoms with Crippen LogP contribution in [0.15, 0.2) is 30.3 Å². The van der Waals surface area contributed by atoms with Gasteiger partial charge in [0.25, 0.3) is 0 Å². The molecule has 1 aromatic carbocycles. The van der Waals surface area contributed by atoms with E-state index in [1.54, 1.807) is 0 Å². The SMILES string of the molecule is CN1CC(C#Cc2ccc(C3=CCN(CCC(C)(C(N)=O)S(C)(=O)=O)CC3)cc2)C1. The summed E-state index contributed by atoms with van der Waals surface area (Å²) in [5, 5.41) is 0. The Morgan fingerprint density at radius 2 is 1.93 bits per heavy atom. The molecule has 1 fully saturated rings. The van der Waals surface area contributed by atoms with Gasteiger partial charge in [-0.2, -0.15) is 0 Å². The molecule has 2 heterocycles. The van der Waals surface area contributed by atoms with Crippen LogP contribution < -0.4 is 5.73 Å². The molecule has 2 aliphatic heterocycles. The highest BCUT2D eigenvalue weighted by Crippen LogP contribution is 2.25. The third-order valence-corrected chi connectivity index (χ3v) is 8.32. The molecule has 2 N–H and O–H groups in total. The van der Waals surface area contributed by atoms with Crippen LogP contribution in [0.1, 0.15) is 30.9 Å². The Morgan fingerprint density at radius 1 is 1.27 bits per heavy atom. The molecule has 1 saturated heterocycles. The standard InChI is InChI=1S/C23H31N3O3S/c1-23(22(24)27,30(3,28)29)12-15-26-13-10-21(11-14-26)20-8-6-18(7-9-20)4-5-19-16-25(2)17-19/h6-10,19H,11-17H2,1-3H3,(H2,24,27). The minimum absolute atomic E-state index is 0.203. The molecule has 3 rings (SSSR count). The molecule has 0 saturated carbocycles. The van der Waals surface area contributed by atoms with Crippen molar-refractivity contribution < 1.29 is 13.2 Å². The van der Waals surface area contributed by atoms with Crippen LogP contribution in [-0.2, 0) is 14.6 Å². The van der Waals surface area contributed by atoms with Gasteiger partial charge in [-0.05, 0) is 50.1 Å². The summed E-state index contributed by atoms with van der Waals surface area (Å²) in [6, 6.07) is 8.38. The summed E-state index contributed by atoms with van der Waals surface area (Å²) in [6.07, 6.45) is 4.33. The van der Waals surface area contributed by atoms with Crippen LogP contribution in [-0.4, -0.2) is 74.9 Å². The van der Waals surface area contributed by atoms with E-state index < -0.39 is 20.5 Å². The van der Waals surface area contributed by atoms with E-state index >= 15 is 0 Å². The first-order valence-corrected chi connectivity index (χ1v) is 12.2. The average Bonchev–Trinajstić information content (AvgIpc) is 2.68. The van der Waals surface area contributed by atoms with E-state index in [-0.39, 0.29) is 6.42 Å². The average molecular weight is 430 g/mol. The third-order valence-electron chi connectivity index (χ3n) is 6.28. The normalized spacial score (nSPS) is 20.4. The topological polar surface area (TPSA) is 83.7 Å². The predicted molar refractivity (Wildman–Crippen MR) is 120 cm³/mol. The van der Waals surface area contributed by atoms with Crippen molar-refractivity contribution in [2.75, 3.05) is 46.0 Å². The number of carbonyl (C=O) groups is 1. The molecule has 0 aliphatic carbocycles. The van der Waals surface area contributed by atoms with Crippen molar-refractivity contribution in [3.63, 3.8) is 0 Å². The number of nitrogens with two attached hydrogens (primary N) is 1. The van der Waals surface area contributed by atoms with Gasteiger partial charge < -0.3 is 10.6 Å². The summed E-state index contributed by atoms with van der Waals surface area (Å²) in [5.74, 6) is 6.29. The lowest BCUT2D eigenvalue weighted by Crippen LogP contribution is -2.49. The highest BCUT2D eigenvalue weighted by molar-refractivity contribution is 7.92. The zero-order valence-corrected chi connectivity index (χ0v) is 18.8. The van der Waals surface area contributed by atoms with Gasteiger partial charge in [0.15, 0.2) is 9.84 Å². The van der Waals surface area contributed by atoms with Gasteiger partial charge in [-0.25, -0.2) is 8.42 Å². The summed E-state index contributed by atoms with van der Waals surface area (Å²) in [7, 11) is -1.46. The Bertz CT molecular complexity index is 983. The molecule has 30 heavy (non-hydrogen) atoms. The molecule has 1 amide bonds. The summed E-state index contributed by atoms with van der Waals surface area (Å²) in [4.78, 5) is 16.1. The molecule has 162 valence electrons. The van der Waals surface area contributed by atoms with Gasteiger partial charge in [0, 0.05) is 50.5 Å². The lowest BCUT2D eigenvalue weighted by Gasteiger charge is -2.32. The Kier molecular flexibility index (Phi) is 6.71. The first-order valence-electron chi connectivity index (χ1n) is 10.3. The van der Waals surface area contributed by atoms with Crippen molar-refractivity contribution in [2.24, 2.45) is 11.7 Å². The number of carbonyl (C=O) groups excluding carboxylic acids is 1. The second-order valence-electron chi connectivity index (χ2n) is 8.66. The molecule has 7 heteroatoms. The lowest BCUT2D eigenvalue weighted by atomic mass is 9.97. The smallest absolute Gasteiger partial charge is 0.238 e. The molecule has 0 spiro atoms. The lowest BCUT2D eigenvalue weighted by molar-refractivity contribution is -0.120. The van der Waals surface area contributed by atoms with Crippen molar-refractivity contribution >= 4 is 21.3 Å². The van der Waals surface area contributed by atoms with Crippen molar-refractivity contribution in [1.29, 1.82) is 0 Å². The molecule has 2 aliphatic rings. The number of hydrogen-bond donors (Lipinski definition) is 1. The number of likely N-dealkylation sites (tertiary alicyclic amines) is 1. The quantitative estimate of drug-likeness (QED) is 0.691. The van der Waals surface area contributed by atoms with Crippen LogP contribution in [0.4, 0.5) is 0 Å². The molecule has 6 nitrogen and oxygen atoms in total. The Hall–Kier alpha value is -2.14. The van der Waals surface area contributed by atoms with E-state index in [2.05, 4.69) is 59.0 Å². The fourth-order valence-corrected chi connectivity index (χ4v) is 4.61. The van der Waals surface area contributed by atoms with E-state index in [0.29, 0.717) is 12.5 Å². The van der Waals surface area contributed by atoms with Gasteiger partial charge in [-0.3, -0.25) is 9.69 Å². The van der Waals surface area contributed by atoms with Gasteiger partial charge in [0.05, 0.1) is 0 Å². The number of hydrogen-bond acceptors (Lipinski definition) is 5. The zero-order valence-electron chi connectivity index (χ0n) is 18.0. The second kappa shape index (κ2) is 8.93.